The van der Waals surface area contributed by atoms with Crippen LogP contribution in [-0.2, 0) is 4.43 Å². The van der Waals surface area contributed by atoms with E-state index in [1.807, 2.05) is 0 Å². The summed E-state index contributed by atoms with van der Waals surface area (Å²) < 4.78 is 5.85. The lowest BCUT2D eigenvalue weighted by Crippen LogP contribution is -2.24. The highest BCUT2D eigenvalue weighted by Gasteiger charge is 2.18. The molecule has 0 N–H and O–H groups in total. The minimum absolute atomic E-state index is 1.09. The third-order valence-electron chi connectivity index (χ3n) is 1.79. The Morgan fingerprint density at radius 2 is 2.08 bits per heavy atom. The highest BCUT2D eigenvalue weighted by atomic mass is 28.4. The van der Waals surface area contributed by atoms with Gasteiger partial charge in [0.1, 0.15) is 0 Å². The van der Waals surface area contributed by atoms with Crippen LogP contribution in [0.25, 0.3) is 0 Å². The van der Waals surface area contributed by atoms with Crippen molar-refractivity contribution in [3.05, 3.63) is 23.5 Å². The predicted octanol–water partition coefficient (Wildman–Crippen LogP) is 3.46. The molecule has 0 saturated carbocycles. The molecule has 12 heavy (non-hydrogen) atoms. The van der Waals surface area contributed by atoms with Crippen molar-refractivity contribution < 1.29 is 4.43 Å². The Kier molecular flexibility index (Phi) is 2.78. The lowest BCUT2D eigenvalue weighted by atomic mass is 10.2. The summed E-state index contributed by atoms with van der Waals surface area (Å²) in [6, 6.07) is 0. The van der Waals surface area contributed by atoms with E-state index in [4.69, 9.17) is 4.43 Å². The van der Waals surface area contributed by atoms with Gasteiger partial charge in [0.05, 0.1) is 5.76 Å². The summed E-state index contributed by atoms with van der Waals surface area (Å²) >= 11 is 0. The molecule has 2 heteroatoms. The van der Waals surface area contributed by atoms with Gasteiger partial charge in [-0.25, -0.2) is 0 Å². The summed E-state index contributed by atoms with van der Waals surface area (Å²) in [7, 11) is -1.38. The van der Waals surface area contributed by atoms with Gasteiger partial charge in [0.2, 0.25) is 8.32 Å². The van der Waals surface area contributed by atoms with Crippen LogP contribution < -0.4 is 0 Å². The summed E-state index contributed by atoms with van der Waals surface area (Å²) in [6.45, 7) is 8.83. The average molecular weight is 182 g/mol. The number of hydrogen-bond acceptors (Lipinski definition) is 1. The van der Waals surface area contributed by atoms with E-state index in [0.717, 1.165) is 18.6 Å². The SMILES string of the molecule is CCC1=CC(O[Si](C)(C)C)=CC1. The molecule has 0 spiro atoms. The molecule has 0 aromatic heterocycles. The molecule has 0 saturated heterocycles. The van der Waals surface area contributed by atoms with Crippen molar-refractivity contribution in [1.29, 1.82) is 0 Å². The Labute approximate surface area is 76.3 Å². The first-order valence-electron chi connectivity index (χ1n) is 4.60. The molecular weight excluding hydrogens is 164 g/mol. The number of hydrogen-bond donors (Lipinski definition) is 0. The zero-order valence-electron chi connectivity index (χ0n) is 8.48. The van der Waals surface area contributed by atoms with Gasteiger partial charge in [-0.05, 0) is 44.6 Å². The molecule has 0 aliphatic heterocycles. The maximum Gasteiger partial charge on any atom is 0.242 e. The molecule has 0 unspecified atom stereocenters. The molecule has 0 radical (unpaired) electrons. The Balaban J connectivity index is 2.52. The van der Waals surface area contributed by atoms with Crippen molar-refractivity contribution in [2.75, 3.05) is 0 Å². The van der Waals surface area contributed by atoms with Crippen molar-refractivity contribution in [3.63, 3.8) is 0 Å². The maximum atomic E-state index is 5.85. The Bertz CT molecular complexity index is 220. The Morgan fingerprint density at radius 3 is 2.50 bits per heavy atom. The largest absolute Gasteiger partial charge is 0.545 e. The molecule has 0 atom stereocenters. The fraction of sp³-hybridized carbons (Fsp3) is 0.600. The highest BCUT2D eigenvalue weighted by Crippen LogP contribution is 2.23. The van der Waals surface area contributed by atoms with Crippen LogP contribution in [0, 0.1) is 0 Å². The first-order valence-corrected chi connectivity index (χ1v) is 8.00. The fourth-order valence-electron chi connectivity index (χ4n) is 1.22. The Morgan fingerprint density at radius 1 is 1.42 bits per heavy atom. The molecule has 0 bridgehead atoms. The van der Waals surface area contributed by atoms with Gasteiger partial charge >= 0.3 is 0 Å². The molecule has 0 heterocycles. The molecule has 0 amide bonds. The summed E-state index contributed by atoms with van der Waals surface area (Å²) in [6.07, 6.45) is 6.63. The maximum absolute atomic E-state index is 5.85. The van der Waals surface area contributed by atoms with Crippen molar-refractivity contribution in [2.45, 2.75) is 39.4 Å². The zero-order valence-corrected chi connectivity index (χ0v) is 9.48. The highest BCUT2D eigenvalue weighted by molar-refractivity contribution is 6.70. The van der Waals surface area contributed by atoms with Gasteiger partial charge in [0.25, 0.3) is 0 Å². The summed E-state index contributed by atoms with van der Waals surface area (Å²) in [5.74, 6) is 1.10. The van der Waals surface area contributed by atoms with E-state index in [1.165, 1.54) is 5.57 Å². The number of rotatable bonds is 3. The van der Waals surface area contributed by atoms with Crippen molar-refractivity contribution in [1.82, 2.24) is 0 Å². The fourth-order valence-corrected chi connectivity index (χ4v) is 2.07. The molecular formula is C10H18OSi. The summed E-state index contributed by atoms with van der Waals surface area (Å²) in [5, 5.41) is 0. The molecule has 1 aliphatic carbocycles. The average Bonchev–Trinajstić information content (AvgIpc) is 2.32. The van der Waals surface area contributed by atoms with Crippen molar-refractivity contribution in [3.8, 4) is 0 Å². The molecule has 1 rings (SSSR count). The van der Waals surface area contributed by atoms with Crippen LogP contribution in [0.5, 0.6) is 0 Å². The van der Waals surface area contributed by atoms with Crippen LogP contribution in [-0.4, -0.2) is 8.32 Å². The van der Waals surface area contributed by atoms with E-state index in [1.54, 1.807) is 0 Å². The smallest absolute Gasteiger partial charge is 0.242 e. The Hall–Kier alpha value is -0.503. The second-order valence-electron chi connectivity index (χ2n) is 4.18. The number of allylic oxidation sites excluding steroid dienone is 3. The minimum atomic E-state index is -1.38. The lowest BCUT2D eigenvalue weighted by molar-refractivity contribution is 0.442. The van der Waals surface area contributed by atoms with E-state index in [0.29, 0.717) is 0 Å². The van der Waals surface area contributed by atoms with Crippen LogP contribution >= 0.6 is 0 Å². The second-order valence-corrected chi connectivity index (χ2v) is 8.61. The van der Waals surface area contributed by atoms with E-state index in [9.17, 15) is 0 Å². The van der Waals surface area contributed by atoms with Gasteiger partial charge in [-0.3, -0.25) is 0 Å². The molecule has 0 aromatic carbocycles. The van der Waals surface area contributed by atoms with Crippen LogP contribution in [0.15, 0.2) is 23.5 Å². The van der Waals surface area contributed by atoms with E-state index >= 15 is 0 Å². The van der Waals surface area contributed by atoms with Crippen molar-refractivity contribution in [2.24, 2.45) is 0 Å². The summed E-state index contributed by atoms with van der Waals surface area (Å²) in [5.41, 5.74) is 1.49. The predicted molar refractivity (Wildman–Crippen MR) is 55.5 cm³/mol. The third kappa shape index (κ3) is 2.86. The van der Waals surface area contributed by atoms with Crippen molar-refractivity contribution >= 4 is 8.32 Å². The monoisotopic (exact) mass is 182 g/mol. The van der Waals surface area contributed by atoms with Gasteiger partial charge < -0.3 is 4.43 Å². The topological polar surface area (TPSA) is 9.23 Å². The molecule has 1 nitrogen and oxygen atoms in total. The molecule has 0 fully saturated rings. The molecule has 1 aliphatic rings. The van der Waals surface area contributed by atoms with Gasteiger partial charge in [-0.15, -0.1) is 0 Å². The van der Waals surface area contributed by atoms with Crippen LogP contribution in [0.2, 0.25) is 19.6 Å². The second kappa shape index (κ2) is 3.48. The normalized spacial score (nSPS) is 17.3. The van der Waals surface area contributed by atoms with Gasteiger partial charge in [0, 0.05) is 0 Å². The van der Waals surface area contributed by atoms with Gasteiger partial charge in [0.15, 0.2) is 0 Å². The van der Waals surface area contributed by atoms with Gasteiger partial charge in [-0.2, -0.15) is 0 Å². The van der Waals surface area contributed by atoms with E-state index in [-0.39, 0.29) is 0 Å². The first-order chi connectivity index (χ1) is 5.51. The van der Waals surface area contributed by atoms with Crippen LogP contribution in [0.1, 0.15) is 19.8 Å². The summed E-state index contributed by atoms with van der Waals surface area (Å²) in [4.78, 5) is 0. The lowest BCUT2D eigenvalue weighted by Gasteiger charge is -2.18. The standard InChI is InChI=1S/C10H18OSi/c1-5-9-6-7-10(8-9)11-12(2,3)4/h7-8H,5-6H2,1-4H3. The molecule has 0 aromatic rings. The first kappa shape index (κ1) is 9.58. The van der Waals surface area contributed by atoms with Crippen LogP contribution in [0.3, 0.4) is 0 Å². The third-order valence-corrected chi connectivity index (χ3v) is 2.64. The van der Waals surface area contributed by atoms with E-state index < -0.39 is 8.32 Å². The van der Waals surface area contributed by atoms with E-state index in [2.05, 4.69) is 38.7 Å². The quantitative estimate of drug-likeness (QED) is 0.607. The minimum Gasteiger partial charge on any atom is -0.545 e. The zero-order chi connectivity index (χ0) is 9.19. The van der Waals surface area contributed by atoms with Crippen LogP contribution in [0.4, 0.5) is 0 Å². The molecule has 68 valence electrons. The van der Waals surface area contributed by atoms with Gasteiger partial charge in [-0.1, -0.05) is 12.5 Å².